The molecule has 0 atom stereocenters. The number of fused-ring (bicyclic) bond motifs is 1. The van der Waals surface area contributed by atoms with Gasteiger partial charge in [-0.2, -0.15) is 0 Å². The Hall–Kier alpha value is -1.58. The molecule has 0 saturated carbocycles. The molecule has 1 aromatic carbocycles. The van der Waals surface area contributed by atoms with Gasteiger partial charge in [-0.1, -0.05) is 19.1 Å². The predicted molar refractivity (Wildman–Crippen MR) is 81.5 cm³/mol. The third-order valence-corrected chi connectivity index (χ3v) is 4.10. The molecular formula is C16H17NOS. The lowest BCUT2D eigenvalue weighted by molar-refractivity contribution is 0.494. The van der Waals surface area contributed by atoms with E-state index in [4.69, 9.17) is 4.42 Å². The lowest BCUT2D eigenvalue weighted by Gasteiger charge is -2.01. The van der Waals surface area contributed by atoms with E-state index >= 15 is 0 Å². The largest absolute Gasteiger partial charge is 0.460 e. The maximum atomic E-state index is 5.94. The van der Waals surface area contributed by atoms with Crippen LogP contribution in [0.4, 0.5) is 0 Å². The number of furan rings is 1. The molecule has 0 spiro atoms. The van der Waals surface area contributed by atoms with Crippen LogP contribution in [0.25, 0.3) is 21.4 Å². The predicted octanol–water partition coefficient (Wildman–Crippen LogP) is 4.66. The monoisotopic (exact) mass is 271 g/mol. The van der Waals surface area contributed by atoms with E-state index in [1.165, 1.54) is 15.6 Å². The Balaban J connectivity index is 1.88. The number of rotatable bonds is 5. The van der Waals surface area contributed by atoms with E-state index in [1.54, 1.807) is 11.3 Å². The fraction of sp³-hybridized carbons (Fsp3) is 0.250. The Bertz CT molecular complexity index is 668. The molecule has 0 bridgehead atoms. The van der Waals surface area contributed by atoms with E-state index in [1.807, 2.05) is 0 Å². The minimum Gasteiger partial charge on any atom is -0.460 e. The Morgan fingerprint density at radius 1 is 1.16 bits per heavy atom. The van der Waals surface area contributed by atoms with Crippen molar-refractivity contribution in [3.63, 3.8) is 0 Å². The molecule has 2 heterocycles. The number of benzene rings is 1. The van der Waals surface area contributed by atoms with Crippen molar-refractivity contribution in [2.75, 3.05) is 6.54 Å². The highest BCUT2D eigenvalue weighted by molar-refractivity contribution is 7.17. The third kappa shape index (κ3) is 2.57. The van der Waals surface area contributed by atoms with Crippen LogP contribution in [0.15, 0.2) is 46.2 Å². The second-order valence-electron chi connectivity index (χ2n) is 4.59. The van der Waals surface area contributed by atoms with Crippen LogP contribution in [0.2, 0.25) is 0 Å². The average molecular weight is 271 g/mol. The number of hydrogen-bond acceptors (Lipinski definition) is 3. The number of thiophene rings is 1. The molecule has 0 aliphatic heterocycles. The van der Waals surface area contributed by atoms with Gasteiger partial charge in [0.05, 0.1) is 6.54 Å². The van der Waals surface area contributed by atoms with E-state index in [9.17, 15) is 0 Å². The standard InChI is InChI=1S/C16H17NOS/c1-2-9-17-11-13-6-7-15(18-13)14-5-3-4-12-8-10-19-16(12)14/h3-8,10,17H,2,9,11H2,1H3. The maximum absolute atomic E-state index is 5.94. The fourth-order valence-electron chi connectivity index (χ4n) is 2.19. The Labute approximate surface area is 117 Å². The van der Waals surface area contributed by atoms with Crippen molar-refractivity contribution in [2.45, 2.75) is 19.9 Å². The van der Waals surface area contributed by atoms with Gasteiger partial charge in [0, 0.05) is 10.3 Å². The van der Waals surface area contributed by atoms with Gasteiger partial charge in [-0.25, -0.2) is 0 Å². The molecule has 3 aromatic rings. The van der Waals surface area contributed by atoms with Gasteiger partial charge in [0.2, 0.25) is 0 Å². The first-order chi connectivity index (χ1) is 9.38. The SMILES string of the molecule is CCCNCc1ccc(-c2cccc3ccsc23)o1. The fourth-order valence-corrected chi connectivity index (χ4v) is 3.11. The highest BCUT2D eigenvalue weighted by atomic mass is 32.1. The summed E-state index contributed by atoms with van der Waals surface area (Å²) in [5.41, 5.74) is 1.19. The highest BCUT2D eigenvalue weighted by Crippen LogP contribution is 2.33. The minimum atomic E-state index is 0.800. The van der Waals surface area contributed by atoms with E-state index in [0.29, 0.717) is 0 Å². The first-order valence-corrected chi connectivity index (χ1v) is 7.52. The molecule has 1 N–H and O–H groups in total. The smallest absolute Gasteiger partial charge is 0.135 e. The lowest BCUT2D eigenvalue weighted by atomic mass is 10.1. The van der Waals surface area contributed by atoms with E-state index in [-0.39, 0.29) is 0 Å². The normalized spacial score (nSPS) is 11.2. The summed E-state index contributed by atoms with van der Waals surface area (Å²) in [4.78, 5) is 0. The Morgan fingerprint density at radius 2 is 2.11 bits per heavy atom. The molecule has 3 rings (SSSR count). The van der Waals surface area contributed by atoms with Crippen molar-refractivity contribution in [1.29, 1.82) is 0 Å². The van der Waals surface area contributed by atoms with Gasteiger partial charge in [0.1, 0.15) is 11.5 Å². The molecule has 0 aliphatic rings. The molecule has 3 heteroatoms. The van der Waals surface area contributed by atoms with Gasteiger partial charge in [-0.15, -0.1) is 11.3 Å². The first kappa shape index (κ1) is 12.5. The van der Waals surface area contributed by atoms with Crippen molar-refractivity contribution in [3.8, 4) is 11.3 Å². The van der Waals surface area contributed by atoms with Crippen LogP contribution in [0.1, 0.15) is 19.1 Å². The summed E-state index contributed by atoms with van der Waals surface area (Å²) in [7, 11) is 0. The van der Waals surface area contributed by atoms with Crippen LogP contribution >= 0.6 is 11.3 Å². The molecule has 98 valence electrons. The Morgan fingerprint density at radius 3 is 3.00 bits per heavy atom. The van der Waals surface area contributed by atoms with Crippen molar-refractivity contribution >= 4 is 21.4 Å². The zero-order valence-electron chi connectivity index (χ0n) is 11.0. The van der Waals surface area contributed by atoms with Crippen LogP contribution in [0.5, 0.6) is 0 Å². The second-order valence-corrected chi connectivity index (χ2v) is 5.50. The van der Waals surface area contributed by atoms with Crippen molar-refractivity contribution < 1.29 is 4.42 Å². The second kappa shape index (κ2) is 5.59. The van der Waals surface area contributed by atoms with E-state index < -0.39 is 0 Å². The van der Waals surface area contributed by atoms with Gasteiger partial charge in [-0.3, -0.25) is 0 Å². The number of nitrogens with one attached hydrogen (secondary N) is 1. The van der Waals surface area contributed by atoms with Crippen molar-refractivity contribution in [1.82, 2.24) is 5.32 Å². The molecule has 0 unspecified atom stereocenters. The molecule has 19 heavy (non-hydrogen) atoms. The summed E-state index contributed by atoms with van der Waals surface area (Å²) in [6.07, 6.45) is 1.14. The molecule has 2 aromatic heterocycles. The van der Waals surface area contributed by atoms with Crippen LogP contribution in [0.3, 0.4) is 0 Å². The summed E-state index contributed by atoms with van der Waals surface area (Å²) >= 11 is 1.76. The summed E-state index contributed by atoms with van der Waals surface area (Å²) < 4.78 is 7.23. The Kier molecular flexibility index (Phi) is 3.67. The van der Waals surface area contributed by atoms with Gasteiger partial charge < -0.3 is 9.73 Å². The molecule has 0 radical (unpaired) electrons. The van der Waals surface area contributed by atoms with E-state index in [0.717, 1.165) is 31.0 Å². The van der Waals surface area contributed by atoms with E-state index in [2.05, 4.69) is 54.0 Å². The minimum absolute atomic E-state index is 0.800. The summed E-state index contributed by atoms with van der Waals surface area (Å²) in [5.74, 6) is 1.96. The maximum Gasteiger partial charge on any atom is 0.135 e. The van der Waals surface area contributed by atoms with Crippen LogP contribution in [-0.4, -0.2) is 6.54 Å². The topological polar surface area (TPSA) is 25.2 Å². The van der Waals surface area contributed by atoms with Gasteiger partial charge in [0.15, 0.2) is 0 Å². The van der Waals surface area contributed by atoms with Crippen LogP contribution < -0.4 is 5.32 Å². The molecule has 0 fully saturated rings. The van der Waals surface area contributed by atoms with Gasteiger partial charge >= 0.3 is 0 Å². The average Bonchev–Trinajstić information content (AvgIpc) is 3.07. The zero-order chi connectivity index (χ0) is 13.1. The molecular weight excluding hydrogens is 254 g/mol. The molecule has 2 nitrogen and oxygen atoms in total. The summed E-state index contributed by atoms with van der Waals surface area (Å²) in [5, 5.41) is 6.76. The summed E-state index contributed by atoms with van der Waals surface area (Å²) in [6, 6.07) is 12.6. The van der Waals surface area contributed by atoms with Crippen LogP contribution in [-0.2, 0) is 6.54 Å². The zero-order valence-corrected chi connectivity index (χ0v) is 11.8. The van der Waals surface area contributed by atoms with Crippen molar-refractivity contribution in [2.24, 2.45) is 0 Å². The first-order valence-electron chi connectivity index (χ1n) is 6.64. The highest BCUT2D eigenvalue weighted by Gasteiger charge is 2.09. The van der Waals surface area contributed by atoms with Gasteiger partial charge in [-0.05, 0) is 48.0 Å². The van der Waals surface area contributed by atoms with Crippen molar-refractivity contribution in [3.05, 3.63) is 47.5 Å². The summed E-state index contributed by atoms with van der Waals surface area (Å²) in [6.45, 7) is 3.99. The van der Waals surface area contributed by atoms with Gasteiger partial charge in [0.25, 0.3) is 0 Å². The third-order valence-electron chi connectivity index (χ3n) is 3.13. The quantitative estimate of drug-likeness (QED) is 0.683. The molecule has 0 saturated heterocycles. The molecule has 0 amide bonds. The number of hydrogen-bond donors (Lipinski definition) is 1. The molecule has 0 aliphatic carbocycles. The van der Waals surface area contributed by atoms with Crippen LogP contribution in [0, 0.1) is 0 Å². The lowest BCUT2D eigenvalue weighted by Crippen LogP contribution is -2.12.